The van der Waals surface area contributed by atoms with E-state index in [2.05, 4.69) is 0 Å². The number of aryl methyl sites for hydroxylation is 2. The van der Waals surface area contributed by atoms with Gasteiger partial charge >= 0.3 is 0 Å². The number of likely N-dealkylation sites (N-methyl/N-ethyl adjacent to an activating group) is 1. The Morgan fingerprint density at radius 3 is 2.06 bits per heavy atom. The molecule has 1 aliphatic carbocycles. The number of rotatable bonds is 0. The van der Waals surface area contributed by atoms with Crippen LogP contribution in [-0.2, 0) is 18.9 Å². The molecule has 0 saturated carbocycles. The van der Waals surface area contributed by atoms with E-state index in [1.165, 1.54) is 12.3 Å². The summed E-state index contributed by atoms with van der Waals surface area (Å²) in [4.78, 5) is 11.4. The first-order valence-corrected chi connectivity index (χ1v) is 10.7. The summed E-state index contributed by atoms with van der Waals surface area (Å²) in [7, 11) is 5.62. The third-order valence-corrected chi connectivity index (χ3v) is 5.60. The van der Waals surface area contributed by atoms with Crippen molar-refractivity contribution in [3.8, 4) is 11.5 Å². The number of allylic oxidation sites excluding steroid dienone is 4. The molecule has 0 fully saturated rings. The predicted octanol–water partition coefficient (Wildman–Crippen LogP) is 0.453. The average molecular weight is 458 g/mol. The molecule has 3 aromatic rings. The topological polar surface area (TPSA) is 97.0 Å². The molecule has 0 atom stereocenters. The van der Waals surface area contributed by atoms with Crippen LogP contribution in [0.15, 0.2) is 95.9 Å². The zero-order chi connectivity index (χ0) is 25.0. The van der Waals surface area contributed by atoms with Gasteiger partial charge in [-0.3, -0.25) is 4.79 Å². The molecular weight excluding hydrogens is 430 g/mol. The van der Waals surface area contributed by atoms with E-state index in [4.69, 9.17) is 0 Å². The molecule has 7 nitrogen and oxygen atoms in total. The molecule has 7 heteroatoms. The Morgan fingerprint density at radius 2 is 1.50 bits per heavy atom. The fourth-order valence-corrected chi connectivity index (χ4v) is 3.48. The lowest BCUT2D eigenvalue weighted by atomic mass is 9.88. The molecular formula is C27H27N3O4. The monoisotopic (exact) mass is 457 g/mol. The number of nitrogens with zero attached hydrogens (tertiary/aromatic N) is 3. The normalized spacial score (nSPS) is 16.7. The van der Waals surface area contributed by atoms with Crippen LogP contribution in [0.25, 0.3) is 10.8 Å². The molecule has 0 bridgehead atoms. The van der Waals surface area contributed by atoms with Crippen LogP contribution in [0.3, 0.4) is 0 Å². The second-order valence-electron chi connectivity index (χ2n) is 8.15. The van der Waals surface area contributed by atoms with E-state index >= 15 is 0 Å². The summed E-state index contributed by atoms with van der Waals surface area (Å²) in [5.41, 5.74) is 2.44. The summed E-state index contributed by atoms with van der Waals surface area (Å²) in [6.45, 7) is 3.51. The summed E-state index contributed by atoms with van der Waals surface area (Å²) in [6.07, 6.45) is 10.9. The largest absolute Gasteiger partial charge is 0.872 e. The number of carbonyl (C=O) groups excluding carboxylic acids is 1. The van der Waals surface area contributed by atoms with E-state index in [0.29, 0.717) is 11.1 Å². The molecule has 0 radical (unpaired) electrons. The Labute approximate surface area is 198 Å². The fraction of sp³-hybridized carbons (Fsp3) is 0.185. The molecule has 2 aliphatic rings. The first-order valence-electron chi connectivity index (χ1n) is 10.7. The van der Waals surface area contributed by atoms with Crippen LogP contribution >= 0.6 is 0 Å². The Balaban J connectivity index is 0.000000148. The second-order valence-corrected chi connectivity index (χ2v) is 8.15. The number of hydrogen-bond acceptors (Lipinski definition) is 4. The number of carbonyl (C=O) groups is 1. The van der Waals surface area contributed by atoms with Crippen LogP contribution in [0.4, 0.5) is 0 Å². The maximum Gasteiger partial charge on any atom is 0.216 e. The molecule has 0 amide bonds. The number of aromatic nitrogens is 2. The standard InChI is InChI=1S/C11H11NO2.C10H9NO.C6H7NO/c1-6-4-5-8(12(6)3)9-10(13)7(2)11(9)14;1-11-6-5-9-8(7-11)3-2-4-10(9)12;1-7-4-2-3-6(8)5-7/h4-5H,1-3H3;2-7H,1H3;2-5H,1H3. The molecule has 1 aromatic carbocycles. The molecule has 0 saturated heterocycles. The van der Waals surface area contributed by atoms with Crippen molar-refractivity contribution >= 4 is 22.3 Å². The van der Waals surface area contributed by atoms with E-state index in [1.807, 2.05) is 80.1 Å². The Hall–Kier alpha value is -4.26. The number of ketones is 1. The van der Waals surface area contributed by atoms with Gasteiger partial charge in [0.15, 0.2) is 36.3 Å². The molecule has 2 aromatic heterocycles. The van der Waals surface area contributed by atoms with Gasteiger partial charge in [0.1, 0.15) is 21.1 Å². The molecule has 174 valence electrons. The van der Waals surface area contributed by atoms with Gasteiger partial charge in [0.25, 0.3) is 0 Å². The zero-order valence-electron chi connectivity index (χ0n) is 19.9. The van der Waals surface area contributed by atoms with Crippen LogP contribution in [0.5, 0.6) is 11.5 Å². The van der Waals surface area contributed by atoms with Gasteiger partial charge in [0, 0.05) is 36.6 Å². The van der Waals surface area contributed by atoms with E-state index < -0.39 is 0 Å². The minimum atomic E-state index is -0.115. The molecule has 3 heterocycles. The minimum Gasteiger partial charge on any atom is -0.872 e. The van der Waals surface area contributed by atoms with Crippen LogP contribution < -0.4 is 24.5 Å². The van der Waals surface area contributed by atoms with Crippen LogP contribution in [0.2, 0.25) is 0 Å². The highest BCUT2D eigenvalue weighted by molar-refractivity contribution is 6.19. The summed E-state index contributed by atoms with van der Waals surface area (Å²) in [6, 6.07) is 10.4. The van der Waals surface area contributed by atoms with Gasteiger partial charge in [-0.15, -0.1) is 5.75 Å². The average Bonchev–Trinajstić information content (AvgIpc) is 3.12. The van der Waals surface area contributed by atoms with Gasteiger partial charge in [0.05, 0.1) is 5.57 Å². The Kier molecular flexibility index (Phi) is 7.26. The molecule has 5 rings (SSSR count). The van der Waals surface area contributed by atoms with Crippen LogP contribution in [-0.4, -0.2) is 23.1 Å². The number of hydrogen-bond donors (Lipinski definition) is 0. The summed E-state index contributed by atoms with van der Waals surface area (Å²) >= 11 is 0. The number of benzene rings is 1. The van der Waals surface area contributed by atoms with Gasteiger partial charge in [0.2, 0.25) is 5.70 Å². The van der Waals surface area contributed by atoms with Gasteiger partial charge in [-0.25, -0.2) is 9.13 Å². The van der Waals surface area contributed by atoms with E-state index in [0.717, 1.165) is 22.2 Å². The van der Waals surface area contributed by atoms with E-state index in [9.17, 15) is 20.1 Å². The van der Waals surface area contributed by atoms with Gasteiger partial charge in [-0.2, -0.15) is 4.58 Å². The maximum atomic E-state index is 11.4. The quantitative estimate of drug-likeness (QED) is 0.362. The Bertz CT molecular complexity index is 1360. The molecule has 0 spiro atoms. The van der Waals surface area contributed by atoms with Crippen molar-refractivity contribution in [3.05, 3.63) is 95.9 Å². The van der Waals surface area contributed by atoms with Crippen molar-refractivity contribution in [2.45, 2.75) is 13.8 Å². The summed E-state index contributed by atoms with van der Waals surface area (Å²) in [5, 5.41) is 35.0. The van der Waals surface area contributed by atoms with Crippen LogP contribution in [0, 0.1) is 0 Å². The fourth-order valence-electron chi connectivity index (χ4n) is 3.48. The SMILES string of the molecule is CC1=C([O-])C(=C2C=CC(C)=[N+]2C)C1=O.C[n+]1ccc2c([O-])cccc2c1.C[n+]1cccc([O-])c1. The number of Topliss-reactive ketones (excluding diaryl/α,β-unsaturated/α-hetero) is 1. The molecule has 0 N–H and O–H groups in total. The van der Waals surface area contributed by atoms with Gasteiger partial charge in [-0.1, -0.05) is 24.0 Å². The minimum absolute atomic E-state index is 0.0509. The van der Waals surface area contributed by atoms with Crippen molar-refractivity contribution in [1.82, 2.24) is 0 Å². The molecule has 34 heavy (non-hydrogen) atoms. The number of fused-ring (bicyclic) bond motifs is 1. The van der Waals surface area contributed by atoms with Gasteiger partial charge < -0.3 is 15.3 Å². The highest BCUT2D eigenvalue weighted by atomic mass is 16.3. The lowest BCUT2D eigenvalue weighted by Gasteiger charge is -2.27. The molecule has 1 aliphatic heterocycles. The first kappa shape index (κ1) is 24.4. The first-order chi connectivity index (χ1) is 16.1. The van der Waals surface area contributed by atoms with Gasteiger partial charge in [-0.05, 0) is 29.7 Å². The van der Waals surface area contributed by atoms with Crippen molar-refractivity contribution in [2.24, 2.45) is 14.1 Å². The van der Waals surface area contributed by atoms with Crippen LogP contribution in [0.1, 0.15) is 13.8 Å². The van der Waals surface area contributed by atoms with Crippen molar-refractivity contribution < 1.29 is 33.8 Å². The maximum absolute atomic E-state index is 11.4. The highest BCUT2D eigenvalue weighted by Gasteiger charge is 2.32. The third-order valence-electron chi connectivity index (χ3n) is 5.60. The Morgan fingerprint density at radius 1 is 0.794 bits per heavy atom. The predicted molar refractivity (Wildman–Crippen MR) is 122 cm³/mol. The van der Waals surface area contributed by atoms with E-state index in [1.54, 1.807) is 29.7 Å². The highest BCUT2D eigenvalue weighted by Crippen LogP contribution is 2.30. The lowest BCUT2D eigenvalue weighted by Crippen LogP contribution is -2.31. The van der Waals surface area contributed by atoms with E-state index in [-0.39, 0.29) is 23.0 Å². The zero-order valence-corrected chi connectivity index (χ0v) is 19.9. The molecule has 0 unspecified atom stereocenters. The smallest absolute Gasteiger partial charge is 0.216 e. The van der Waals surface area contributed by atoms with Crippen molar-refractivity contribution in [3.63, 3.8) is 0 Å². The summed E-state index contributed by atoms with van der Waals surface area (Å²) < 4.78 is 5.52. The second kappa shape index (κ2) is 10.1. The van der Waals surface area contributed by atoms with Crippen molar-refractivity contribution in [1.29, 1.82) is 0 Å². The third kappa shape index (κ3) is 5.20. The number of pyridine rings is 2. The van der Waals surface area contributed by atoms with Crippen molar-refractivity contribution in [2.75, 3.05) is 7.05 Å². The summed E-state index contributed by atoms with van der Waals surface area (Å²) in [5.74, 6) is -0.0875. The lowest BCUT2D eigenvalue weighted by molar-refractivity contribution is -0.674.